The first-order chi connectivity index (χ1) is 7.31. The smallest absolute Gasteiger partial charge is 0.445 e. The minimum Gasteiger partial charge on any atom is -0.445 e. The van der Waals surface area contributed by atoms with Crippen LogP contribution in [0.2, 0.25) is 0 Å². The van der Waals surface area contributed by atoms with Crippen LogP contribution in [0.15, 0.2) is 12.1 Å². The van der Waals surface area contributed by atoms with Crippen molar-refractivity contribution in [1.29, 1.82) is 0 Å². The summed E-state index contributed by atoms with van der Waals surface area (Å²) in [7, 11) is 2.05. The van der Waals surface area contributed by atoms with Gasteiger partial charge in [-0.3, -0.25) is 0 Å². The molecule has 0 atom stereocenters. The average molecular weight is 233 g/mol. The Morgan fingerprint density at radius 3 is 2.44 bits per heavy atom. The van der Waals surface area contributed by atoms with Crippen molar-refractivity contribution in [2.45, 2.75) is 6.42 Å². The van der Waals surface area contributed by atoms with Crippen LogP contribution in [0.4, 0.5) is 12.9 Å². The summed E-state index contributed by atoms with van der Waals surface area (Å²) in [6, 6.07) is 0. The molecule has 6 heteroatoms. The second-order valence-electron chi connectivity index (χ2n) is 5.37. The first kappa shape index (κ1) is 12.0. The largest absolute Gasteiger partial charge is 0.506 e. The van der Waals surface area contributed by atoms with Gasteiger partial charge in [-0.25, -0.2) is 0 Å². The molecule has 2 aliphatic rings. The zero-order valence-electron chi connectivity index (χ0n) is 9.56. The Morgan fingerprint density at radius 1 is 1.31 bits per heavy atom. The van der Waals surface area contributed by atoms with Gasteiger partial charge in [0.2, 0.25) is 0 Å². The van der Waals surface area contributed by atoms with Crippen LogP contribution in [-0.2, 0) is 0 Å². The van der Waals surface area contributed by atoms with Gasteiger partial charge in [0.15, 0.2) is 0 Å². The van der Waals surface area contributed by atoms with Gasteiger partial charge in [0, 0.05) is 25.0 Å². The number of nitrogens with zero attached hydrogens (tertiary/aromatic N) is 2. The van der Waals surface area contributed by atoms with Crippen LogP contribution in [0.3, 0.4) is 0 Å². The van der Waals surface area contributed by atoms with E-state index in [0.29, 0.717) is 0 Å². The van der Waals surface area contributed by atoms with Gasteiger partial charge in [-0.05, 0) is 26.6 Å². The fourth-order valence-corrected chi connectivity index (χ4v) is 2.91. The van der Waals surface area contributed by atoms with E-state index in [2.05, 4.69) is 11.5 Å². The van der Waals surface area contributed by atoms with Crippen molar-refractivity contribution < 1.29 is 12.9 Å². The lowest BCUT2D eigenvalue weighted by molar-refractivity contribution is 0.0316. The fourth-order valence-electron chi connectivity index (χ4n) is 2.91. The SMILES string of the molecule is C=C(CN1CCC2(CN(C)C2)C1)[B-](F)(F)F. The summed E-state index contributed by atoms with van der Waals surface area (Å²) in [6.07, 6.45) is 1.02. The summed E-state index contributed by atoms with van der Waals surface area (Å²) in [5.41, 5.74) is -0.294. The van der Waals surface area contributed by atoms with Crippen molar-refractivity contribution in [3.63, 3.8) is 0 Å². The van der Waals surface area contributed by atoms with Gasteiger partial charge in [-0.2, -0.15) is 0 Å². The zero-order chi connectivity index (χ0) is 12.0. The molecule has 2 fully saturated rings. The van der Waals surface area contributed by atoms with Crippen molar-refractivity contribution >= 4 is 6.98 Å². The quantitative estimate of drug-likeness (QED) is 0.682. The summed E-state index contributed by atoms with van der Waals surface area (Å²) >= 11 is 0. The van der Waals surface area contributed by atoms with E-state index in [9.17, 15) is 12.9 Å². The number of halogens is 3. The third-order valence-corrected chi connectivity index (χ3v) is 3.62. The summed E-state index contributed by atoms with van der Waals surface area (Å²) in [5.74, 6) is 0. The van der Waals surface area contributed by atoms with Crippen LogP contribution in [0.1, 0.15) is 6.42 Å². The predicted molar refractivity (Wildman–Crippen MR) is 59.2 cm³/mol. The average Bonchev–Trinajstić information content (AvgIpc) is 2.46. The lowest BCUT2D eigenvalue weighted by Gasteiger charge is -2.46. The van der Waals surface area contributed by atoms with E-state index in [4.69, 9.17) is 0 Å². The van der Waals surface area contributed by atoms with Gasteiger partial charge in [0.05, 0.1) is 0 Å². The Hall–Kier alpha value is -0.485. The topological polar surface area (TPSA) is 6.48 Å². The van der Waals surface area contributed by atoms with E-state index in [1.807, 2.05) is 11.9 Å². The molecule has 0 N–H and O–H groups in total. The van der Waals surface area contributed by atoms with Crippen LogP contribution in [-0.4, -0.2) is 56.5 Å². The molecule has 0 aromatic rings. The maximum Gasteiger partial charge on any atom is 0.506 e. The predicted octanol–water partition coefficient (Wildman–Crippen LogP) is 1.57. The highest BCUT2D eigenvalue weighted by atomic mass is 19.4. The minimum atomic E-state index is -4.87. The summed E-state index contributed by atoms with van der Waals surface area (Å²) in [5, 5.41) is 0. The van der Waals surface area contributed by atoms with Crippen molar-refractivity contribution in [3.05, 3.63) is 12.1 Å². The molecule has 2 saturated heterocycles. The molecule has 0 saturated carbocycles. The van der Waals surface area contributed by atoms with Gasteiger partial charge < -0.3 is 22.7 Å². The van der Waals surface area contributed by atoms with Crippen molar-refractivity contribution in [2.75, 3.05) is 39.8 Å². The van der Waals surface area contributed by atoms with Crippen molar-refractivity contribution in [2.24, 2.45) is 5.41 Å². The Kier molecular flexibility index (Phi) is 2.82. The van der Waals surface area contributed by atoms with Gasteiger partial charge in [-0.15, -0.1) is 12.1 Å². The van der Waals surface area contributed by atoms with Crippen LogP contribution in [0.5, 0.6) is 0 Å². The maximum atomic E-state index is 12.4. The van der Waals surface area contributed by atoms with Crippen LogP contribution >= 0.6 is 0 Å². The van der Waals surface area contributed by atoms with Gasteiger partial charge in [-0.1, -0.05) is 0 Å². The van der Waals surface area contributed by atoms with Crippen molar-refractivity contribution in [3.8, 4) is 0 Å². The first-order valence-corrected chi connectivity index (χ1v) is 5.59. The molecule has 0 aromatic carbocycles. The Morgan fingerprint density at radius 2 is 1.94 bits per heavy atom. The standard InChI is InChI=1S/C10H17BF3N2/c1-9(11(12,13)14)5-16-4-3-10(8-16)6-15(2)7-10/h1,3-8H2,2H3/q-1. The number of hydrogen-bond donors (Lipinski definition) is 0. The summed E-state index contributed by atoms with van der Waals surface area (Å²) in [6.45, 7) is 1.89. The first-order valence-electron chi connectivity index (χ1n) is 5.59. The Bertz CT molecular complexity index is 297. The highest BCUT2D eigenvalue weighted by molar-refractivity contribution is 6.66. The maximum absolute atomic E-state index is 12.4. The van der Waals surface area contributed by atoms with E-state index in [0.717, 1.165) is 32.6 Å². The number of rotatable bonds is 3. The van der Waals surface area contributed by atoms with Gasteiger partial charge >= 0.3 is 6.98 Å². The second kappa shape index (κ2) is 3.77. The molecule has 0 unspecified atom stereocenters. The minimum absolute atomic E-state index is 0.00500. The van der Waals surface area contributed by atoms with E-state index in [1.54, 1.807) is 0 Å². The molecule has 0 aromatic heterocycles. The highest BCUT2D eigenvalue weighted by Gasteiger charge is 2.46. The molecule has 2 rings (SSSR count). The highest BCUT2D eigenvalue weighted by Crippen LogP contribution is 2.39. The van der Waals surface area contributed by atoms with Crippen LogP contribution < -0.4 is 0 Å². The second-order valence-corrected chi connectivity index (χ2v) is 5.37. The van der Waals surface area contributed by atoms with E-state index >= 15 is 0 Å². The summed E-state index contributed by atoms with van der Waals surface area (Å²) < 4.78 is 37.1. The number of likely N-dealkylation sites (tertiary alicyclic amines) is 2. The summed E-state index contributed by atoms with van der Waals surface area (Å²) in [4.78, 5) is 4.11. The van der Waals surface area contributed by atoms with Crippen LogP contribution in [0, 0.1) is 5.41 Å². The molecule has 0 amide bonds. The molecule has 92 valence electrons. The molecule has 2 nitrogen and oxygen atoms in total. The lowest BCUT2D eigenvalue weighted by atomic mass is 9.79. The molecule has 0 bridgehead atoms. The molecule has 0 radical (unpaired) electrons. The van der Waals surface area contributed by atoms with E-state index < -0.39 is 12.4 Å². The monoisotopic (exact) mass is 233 g/mol. The zero-order valence-corrected chi connectivity index (χ0v) is 9.56. The Labute approximate surface area is 94.1 Å². The normalized spacial score (nSPS) is 26.0. The third-order valence-electron chi connectivity index (χ3n) is 3.62. The van der Waals surface area contributed by atoms with Gasteiger partial charge in [0.1, 0.15) is 0 Å². The number of hydrogen-bond acceptors (Lipinski definition) is 2. The van der Waals surface area contributed by atoms with Crippen LogP contribution in [0.25, 0.3) is 0 Å². The molecular formula is C10H17BF3N2-. The van der Waals surface area contributed by atoms with E-state index in [-0.39, 0.29) is 12.0 Å². The van der Waals surface area contributed by atoms with E-state index in [1.165, 1.54) is 0 Å². The van der Waals surface area contributed by atoms with Gasteiger partial charge in [0.25, 0.3) is 0 Å². The lowest BCUT2D eigenvalue weighted by Crippen LogP contribution is -2.55. The Balaban J connectivity index is 1.84. The molecule has 2 aliphatic heterocycles. The fraction of sp³-hybridized carbons (Fsp3) is 0.800. The molecule has 2 heterocycles. The molecule has 16 heavy (non-hydrogen) atoms. The molecule has 1 spiro atoms. The molecular weight excluding hydrogens is 216 g/mol. The van der Waals surface area contributed by atoms with Crippen molar-refractivity contribution in [1.82, 2.24) is 9.80 Å². The third kappa shape index (κ3) is 2.27. The molecule has 0 aliphatic carbocycles.